The molecule has 0 aliphatic carbocycles. The van der Waals surface area contributed by atoms with Crippen LogP contribution >= 0.6 is 0 Å². The number of halogens is 2. The van der Waals surface area contributed by atoms with Gasteiger partial charge < -0.3 is 5.32 Å². The van der Waals surface area contributed by atoms with Crippen LogP contribution in [0.1, 0.15) is 23.8 Å². The van der Waals surface area contributed by atoms with E-state index in [9.17, 15) is 18.4 Å². The van der Waals surface area contributed by atoms with Gasteiger partial charge in [-0.2, -0.15) is 5.10 Å². The lowest BCUT2D eigenvalue weighted by Gasteiger charge is -2.08. The van der Waals surface area contributed by atoms with Gasteiger partial charge in [0.05, 0.1) is 5.69 Å². The van der Waals surface area contributed by atoms with Crippen LogP contribution in [0.5, 0.6) is 0 Å². The standard InChI is InChI=1S/C14H13F2N3O2/c1-2-8-19-12(20)7-6-11(18-19)14(21)17-10-5-3-4-9(15)13(10)16/h3-7H,2,8H2,1H3,(H,17,21). The molecule has 0 aliphatic heterocycles. The maximum atomic E-state index is 13.5. The molecule has 21 heavy (non-hydrogen) atoms. The SMILES string of the molecule is CCCn1nc(C(=O)Nc2cccc(F)c2F)ccc1=O. The molecule has 0 spiro atoms. The Kier molecular flexibility index (Phi) is 4.42. The van der Waals surface area contributed by atoms with Gasteiger partial charge in [-0.25, -0.2) is 13.5 Å². The number of carbonyl (C=O) groups excluding carboxylic acids is 1. The number of anilines is 1. The number of nitrogens with one attached hydrogen (secondary N) is 1. The van der Waals surface area contributed by atoms with Gasteiger partial charge in [-0.1, -0.05) is 13.0 Å². The molecule has 0 radical (unpaired) electrons. The fraction of sp³-hybridized carbons (Fsp3) is 0.214. The van der Waals surface area contributed by atoms with Gasteiger partial charge in [-0.05, 0) is 24.6 Å². The van der Waals surface area contributed by atoms with E-state index in [1.807, 2.05) is 6.92 Å². The van der Waals surface area contributed by atoms with E-state index in [4.69, 9.17) is 0 Å². The summed E-state index contributed by atoms with van der Waals surface area (Å²) >= 11 is 0. The van der Waals surface area contributed by atoms with Crippen molar-refractivity contribution >= 4 is 11.6 Å². The summed E-state index contributed by atoms with van der Waals surface area (Å²) in [5, 5.41) is 6.11. The Morgan fingerprint density at radius 1 is 1.29 bits per heavy atom. The van der Waals surface area contributed by atoms with Crippen molar-refractivity contribution in [2.45, 2.75) is 19.9 Å². The van der Waals surface area contributed by atoms with Crippen molar-refractivity contribution in [3.8, 4) is 0 Å². The Bertz CT molecular complexity index is 728. The number of rotatable bonds is 4. The Morgan fingerprint density at radius 2 is 2.05 bits per heavy atom. The normalized spacial score (nSPS) is 10.4. The number of aromatic nitrogens is 2. The number of hydrogen-bond donors (Lipinski definition) is 1. The molecule has 0 unspecified atom stereocenters. The van der Waals surface area contributed by atoms with E-state index in [-0.39, 0.29) is 16.9 Å². The van der Waals surface area contributed by atoms with Crippen LogP contribution in [0, 0.1) is 11.6 Å². The average Bonchev–Trinajstić information content (AvgIpc) is 2.46. The van der Waals surface area contributed by atoms with E-state index in [2.05, 4.69) is 10.4 Å². The Balaban J connectivity index is 2.26. The maximum Gasteiger partial charge on any atom is 0.276 e. The van der Waals surface area contributed by atoms with Gasteiger partial charge in [-0.3, -0.25) is 9.59 Å². The molecule has 1 N–H and O–H groups in total. The second kappa shape index (κ2) is 6.25. The molecule has 1 heterocycles. The number of benzene rings is 1. The molecule has 110 valence electrons. The summed E-state index contributed by atoms with van der Waals surface area (Å²) in [6.45, 7) is 2.23. The average molecular weight is 293 g/mol. The molecule has 0 fully saturated rings. The lowest BCUT2D eigenvalue weighted by molar-refractivity contribution is 0.101. The molecule has 2 rings (SSSR count). The van der Waals surface area contributed by atoms with Crippen LogP contribution in [0.15, 0.2) is 35.1 Å². The van der Waals surface area contributed by atoms with Gasteiger partial charge in [0.2, 0.25) is 0 Å². The monoisotopic (exact) mass is 293 g/mol. The van der Waals surface area contributed by atoms with Crippen molar-refractivity contribution in [2.24, 2.45) is 0 Å². The molecule has 1 aromatic heterocycles. The molecule has 2 aromatic rings. The van der Waals surface area contributed by atoms with Crippen LogP contribution in [0.4, 0.5) is 14.5 Å². The highest BCUT2D eigenvalue weighted by Gasteiger charge is 2.14. The number of amides is 1. The minimum atomic E-state index is -1.15. The van der Waals surface area contributed by atoms with E-state index in [1.165, 1.54) is 24.3 Å². The molecule has 0 saturated carbocycles. The molecule has 0 bridgehead atoms. The van der Waals surface area contributed by atoms with Gasteiger partial charge in [0.15, 0.2) is 11.6 Å². The Hall–Kier alpha value is -2.57. The number of carbonyl (C=O) groups is 1. The first-order valence-electron chi connectivity index (χ1n) is 6.36. The first-order chi connectivity index (χ1) is 10.0. The van der Waals surface area contributed by atoms with Crippen molar-refractivity contribution in [1.82, 2.24) is 9.78 Å². The van der Waals surface area contributed by atoms with E-state index >= 15 is 0 Å². The van der Waals surface area contributed by atoms with Crippen molar-refractivity contribution in [3.63, 3.8) is 0 Å². The smallest absolute Gasteiger partial charge is 0.276 e. The molecule has 1 aromatic carbocycles. The van der Waals surface area contributed by atoms with Crippen LogP contribution in [0.25, 0.3) is 0 Å². The first-order valence-corrected chi connectivity index (χ1v) is 6.36. The van der Waals surface area contributed by atoms with Gasteiger partial charge >= 0.3 is 0 Å². The molecular weight excluding hydrogens is 280 g/mol. The van der Waals surface area contributed by atoms with Gasteiger partial charge in [0, 0.05) is 12.6 Å². The summed E-state index contributed by atoms with van der Waals surface area (Å²) in [6.07, 6.45) is 0.677. The van der Waals surface area contributed by atoms with E-state index < -0.39 is 17.5 Å². The van der Waals surface area contributed by atoms with Crippen LogP contribution < -0.4 is 10.9 Å². The summed E-state index contributed by atoms with van der Waals surface area (Å²) in [6, 6.07) is 5.91. The van der Waals surface area contributed by atoms with Crippen molar-refractivity contribution < 1.29 is 13.6 Å². The highest BCUT2D eigenvalue weighted by Crippen LogP contribution is 2.17. The van der Waals surface area contributed by atoms with E-state index in [0.717, 1.165) is 10.7 Å². The molecule has 0 saturated heterocycles. The van der Waals surface area contributed by atoms with Crippen molar-refractivity contribution in [2.75, 3.05) is 5.32 Å². The number of hydrogen-bond acceptors (Lipinski definition) is 3. The predicted molar refractivity (Wildman–Crippen MR) is 73.1 cm³/mol. The lowest BCUT2D eigenvalue weighted by Crippen LogP contribution is -2.26. The number of aryl methyl sites for hydroxylation is 1. The fourth-order valence-corrected chi connectivity index (χ4v) is 1.73. The predicted octanol–water partition coefficient (Wildman–Crippen LogP) is 2.18. The second-order valence-electron chi connectivity index (χ2n) is 4.34. The quantitative estimate of drug-likeness (QED) is 0.939. The summed E-state index contributed by atoms with van der Waals surface area (Å²) in [5.41, 5.74) is -0.660. The molecule has 5 nitrogen and oxygen atoms in total. The molecule has 0 atom stereocenters. The van der Waals surface area contributed by atoms with Crippen LogP contribution in [-0.2, 0) is 6.54 Å². The summed E-state index contributed by atoms with van der Waals surface area (Å²) in [4.78, 5) is 23.5. The van der Waals surface area contributed by atoms with Crippen LogP contribution in [-0.4, -0.2) is 15.7 Å². The Labute approximate surface area is 119 Å². The minimum Gasteiger partial charge on any atom is -0.318 e. The minimum absolute atomic E-state index is 0.0493. The third-order valence-electron chi connectivity index (χ3n) is 2.73. The van der Waals surface area contributed by atoms with Crippen LogP contribution in [0.3, 0.4) is 0 Å². The zero-order valence-corrected chi connectivity index (χ0v) is 11.3. The second-order valence-corrected chi connectivity index (χ2v) is 4.34. The summed E-state index contributed by atoms with van der Waals surface area (Å²) in [5.74, 6) is -2.92. The maximum absolute atomic E-state index is 13.5. The van der Waals surface area contributed by atoms with Crippen LogP contribution in [0.2, 0.25) is 0 Å². The lowest BCUT2D eigenvalue weighted by atomic mass is 10.2. The fourth-order valence-electron chi connectivity index (χ4n) is 1.73. The molecule has 7 heteroatoms. The van der Waals surface area contributed by atoms with E-state index in [0.29, 0.717) is 13.0 Å². The van der Waals surface area contributed by atoms with Crippen molar-refractivity contribution in [1.29, 1.82) is 0 Å². The molecule has 0 aliphatic rings. The van der Waals surface area contributed by atoms with Gasteiger partial charge in [0.25, 0.3) is 11.5 Å². The zero-order valence-electron chi connectivity index (χ0n) is 11.3. The van der Waals surface area contributed by atoms with E-state index in [1.54, 1.807) is 0 Å². The summed E-state index contributed by atoms with van der Waals surface area (Å²) in [7, 11) is 0. The third kappa shape index (κ3) is 3.31. The highest BCUT2D eigenvalue weighted by molar-refractivity contribution is 6.02. The molecule has 1 amide bonds. The number of nitrogens with zero attached hydrogens (tertiary/aromatic N) is 2. The van der Waals surface area contributed by atoms with Crippen molar-refractivity contribution in [3.05, 3.63) is 58.0 Å². The third-order valence-corrected chi connectivity index (χ3v) is 2.73. The topological polar surface area (TPSA) is 64.0 Å². The highest BCUT2D eigenvalue weighted by atomic mass is 19.2. The van der Waals surface area contributed by atoms with Gasteiger partial charge in [-0.15, -0.1) is 0 Å². The molecular formula is C14H13F2N3O2. The zero-order chi connectivity index (χ0) is 15.4. The summed E-state index contributed by atoms with van der Waals surface area (Å²) < 4.78 is 27.7. The largest absolute Gasteiger partial charge is 0.318 e. The Morgan fingerprint density at radius 3 is 2.76 bits per heavy atom. The first kappa shape index (κ1) is 14.8. The van der Waals surface area contributed by atoms with Gasteiger partial charge in [0.1, 0.15) is 5.69 Å².